The van der Waals surface area contributed by atoms with E-state index in [0.717, 1.165) is 11.5 Å². The Bertz CT molecular complexity index is 1350. The van der Waals surface area contributed by atoms with Gasteiger partial charge in [-0.2, -0.15) is 0 Å². The fourth-order valence-electron chi connectivity index (χ4n) is 5.81. The van der Waals surface area contributed by atoms with Gasteiger partial charge in [0.1, 0.15) is 11.5 Å². The smallest absolute Gasteiger partial charge is 0.251 e. The van der Waals surface area contributed by atoms with Crippen molar-refractivity contribution >= 4 is 23.1 Å². The highest BCUT2D eigenvalue weighted by Crippen LogP contribution is 2.40. The lowest BCUT2D eigenvalue weighted by molar-refractivity contribution is 0.484. The van der Waals surface area contributed by atoms with Crippen LogP contribution in [-0.2, 0) is 5.41 Å². The van der Waals surface area contributed by atoms with Gasteiger partial charge in [0.2, 0.25) is 0 Å². The predicted octanol–water partition coefficient (Wildman–Crippen LogP) is 5.23. The molecule has 2 aliphatic heterocycles. The Kier molecular flexibility index (Phi) is 3.80. The maximum Gasteiger partial charge on any atom is 0.251 e. The molecule has 0 aliphatic carbocycles. The minimum absolute atomic E-state index is 0.0822. The first-order valence-electron chi connectivity index (χ1n) is 11.1. The highest BCUT2D eigenvalue weighted by molar-refractivity contribution is 6.98. The fourth-order valence-corrected chi connectivity index (χ4v) is 5.81. The predicted molar refractivity (Wildman–Crippen MR) is 131 cm³/mol. The van der Waals surface area contributed by atoms with Crippen molar-refractivity contribution in [3.8, 4) is 22.6 Å². The molecule has 0 radical (unpaired) electrons. The molecule has 0 saturated carbocycles. The van der Waals surface area contributed by atoms with Gasteiger partial charge in [-0.15, -0.1) is 0 Å². The van der Waals surface area contributed by atoms with E-state index in [1.807, 2.05) is 0 Å². The summed E-state index contributed by atoms with van der Waals surface area (Å²) in [7, 11) is 0. The molecule has 31 heavy (non-hydrogen) atoms. The average Bonchev–Trinajstić information content (AvgIpc) is 2.77. The lowest BCUT2D eigenvalue weighted by Crippen LogP contribution is -2.62. The number of hydrogen-bond acceptors (Lipinski definition) is 1. The molecule has 0 N–H and O–H groups in total. The molecule has 0 unspecified atom stereocenters. The number of fused-ring (bicyclic) bond motifs is 4. The zero-order valence-corrected chi connectivity index (χ0v) is 18.5. The van der Waals surface area contributed by atoms with Crippen molar-refractivity contribution in [2.45, 2.75) is 33.1 Å². The van der Waals surface area contributed by atoms with E-state index in [1.165, 1.54) is 49.8 Å². The van der Waals surface area contributed by atoms with Crippen LogP contribution in [0.1, 0.15) is 36.1 Å². The zero-order chi connectivity index (χ0) is 21.3. The van der Waals surface area contributed by atoms with Gasteiger partial charge in [0.25, 0.3) is 6.71 Å². The summed E-state index contributed by atoms with van der Waals surface area (Å²) in [5.74, 6) is 1.99. The monoisotopic (exact) mass is 400 g/mol. The third-order valence-corrected chi connectivity index (χ3v) is 7.17. The normalized spacial score (nSPS) is 14.9. The molecular weight excluding hydrogens is 375 g/mol. The summed E-state index contributed by atoms with van der Waals surface area (Å²) in [6.07, 6.45) is 0. The van der Waals surface area contributed by atoms with Gasteiger partial charge in [-0.3, -0.25) is 0 Å². The van der Waals surface area contributed by atoms with Crippen molar-refractivity contribution in [1.82, 2.24) is 0 Å². The molecule has 4 aromatic rings. The third kappa shape index (κ3) is 2.58. The van der Waals surface area contributed by atoms with Gasteiger partial charge in [0.05, 0.1) is 0 Å². The van der Waals surface area contributed by atoms with Crippen LogP contribution in [0.3, 0.4) is 0 Å². The standard InChI is InChI=1S/C29H25BO/c1-18-10-14-25-24(16-18)30-23-17-21(20-8-6-5-7-9-20)12-13-22(23)29(3,4)27-19(2)11-15-26(31-25)28(27)30/h5-17H,1-4H3. The van der Waals surface area contributed by atoms with E-state index in [1.54, 1.807) is 0 Å². The largest absolute Gasteiger partial charge is 0.458 e. The first kappa shape index (κ1) is 18.5. The van der Waals surface area contributed by atoms with Crippen LogP contribution in [-0.4, -0.2) is 6.71 Å². The lowest BCUT2D eigenvalue weighted by atomic mass is 9.30. The average molecular weight is 400 g/mol. The minimum Gasteiger partial charge on any atom is -0.458 e. The molecule has 2 heteroatoms. The van der Waals surface area contributed by atoms with Crippen LogP contribution in [0.4, 0.5) is 0 Å². The molecule has 0 saturated heterocycles. The van der Waals surface area contributed by atoms with E-state index in [4.69, 9.17) is 4.74 Å². The molecule has 2 aliphatic rings. The Morgan fingerprint density at radius 1 is 0.710 bits per heavy atom. The zero-order valence-electron chi connectivity index (χ0n) is 18.5. The summed E-state index contributed by atoms with van der Waals surface area (Å²) in [6, 6.07) is 28.7. The maximum atomic E-state index is 6.46. The Labute approximate surface area is 184 Å². The summed E-state index contributed by atoms with van der Waals surface area (Å²) in [5, 5.41) is 0. The van der Waals surface area contributed by atoms with Gasteiger partial charge in [-0.25, -0.2) is 0 Å². The molecule has 0 aromatic heterocycles. The van der Waals surface area contributed by atoms with Crippen molar-refractivity contribution < 1.29 is 4.74 Å². The van der Waals surface area contributed by atoms with Crippen molar-refractivity contribution in [3.63, 3.8) is 0 Å². The summed E-state index contributed by atoms with van der Waals surface area (Å²) < 4.78 is 6.46. The molecule has 0 atom stereocenters. The van der Waals surface area contributed by atoms with Gasteiger partial charge < -0.3 is 4.74 Å². The Balaban J connectivity index is 1.70. The summed E-state index contributed by atoms with van der Waals surface area (Å²) in [5.41, 5.74) is 11.9. The van der Waals surface area contributed by atoms with Gasteiger partial charge >= 0.3 is 0 Å². The van der Waals surface area contributed by atoms with Gasteiger partial charge in [0, 0.05) is 5.41 Å². The first-order valence-corrected chi connectivity index (χ1v) is 11.1. The number of benzene rings is 4. The highest BCUT2D eigenvalue weighted by atomic mass is 16.5. The van der Waals surface area contributed by atoms with Gasteiger partial charge in [-0.05, 0) is 64.7 Å². The summed E-state index contributed by atoms with van der Waals surface area (Å²) >= 11 is 0. The van der Waals surface area contributed by atoms with Crippen molar-refractivity contribution in [3.05, 3.63) is 101 Å². The fraction of sp³-hybridized carbons (Fsp3) is 0.172. The Morgan fingerprint density at radius 2 is 1.48 bits per heavy atom. The van der Waals surface area contributed by atoms with Crippen LogP contribution in [0.5, 0.6) is 11.5 Å². The van der Waals surface area contributed by atoms with Crippen LogP contribution in [0.25, 0.3) is 11.1 Å². The number of aryl methyl sites for hydroxylation is 2. The first-order chi connectivity index (χ1) is 14.9. The second-order valence-corrected chi connectivity index (χ2v) is 9.54. The number of ether oxygens (including phenoxy) is 1. The van der Waals surface area contributed by atoms with Crippen molar-refractivity contribution in [1.29, 1.82) is 0 Å². The molecule has 0 amide bonds. The molecule has 1 nitrogen and oxygen atoms in total. The summed E-state index contributed by atoms with van der Waals surface area (Å²) in [6.45, 7) is 9.32. The van der Waals surface area contributed by atoms with E-state index in [-0.39, 0.29) is 12.1 Å². The second kappa shape index (κ2) is 6.37. The van der Waals surface area contributed by atoms with Crippen LogP contribution < -0.4 is 21.1 Å². The van der Waals surface area contributed by atoms with Crippen molar-refractivity contribution in [2.75, 3.05) is 0 Å². The SMILES string of the molecule is Cc1ccc2c(c1)B1c3cc(-c4ccccc4)ccc3C(C)(C)c3c(C)ccc(c31)O2. The van der Waals surface area contributed by atoms with Gasteiger partial charge in [-0.1, -0.05) is 91.6 Å². The topological polar surface area (TPSA) is 9.23 Å². The molecule has 0 bridgehead atoms. The van der Waals surface area contributed by atoms with E-state index in [9.17, 15) is 0 Å². The number of hydrogen-bond donors (Lipinski definition) is 0. The molecule has 2 heterocycles. The third-order valence-electron chi connectivity index (χ3n) is 7.17. The van der Waals surface area contributed by atoms with Crippen LogP contribution in [0, 0.1) is 13.8 Å². The maximum absolute atomic E-state index is 6.46. The van der Waals surface area contributed by atoms with Crippen LogP contribution in [0.15, 0.2) is 78.9 Å². The van der Waals surface area contributed by atoms with Crippen LogP contribution >= 0.6 is 0 Å². The Hall–Kier alpha value is -3.26. The Morgan fingerprint density at radius 3 is 2.29 bits per heavy atom. The van der Waals surface area contributed by atoms with E-state index in [2.05, 4.69) is 107 Å². The van der Waals surface area contributed by atoms with Crippen molar-refractivity contribution in [2.24, 2.45) is 0 Å². The molecular formula is C29H25BO. The lowest BCUT2D eigenvalue weighted by Gasteiger charge is -2.42. The summed E-state index contributed by atoms with van der Waals surface area (Å²) in [4.78, 5) is 0. The second-order valence-electron chi connectivity index (χ2n) is 9.54. The van der Waals surface area contributed by atoms with E-state index >= 15 is 0 Å². The molecule has 0 fully saturated rings. The quantitative estimate of drug-likeness (QED) is 0.350. The molecule has 4 aromatic carbocycles. The minimum atomic E-state index is -0.0822. The molecule has 6 rings (SSSR count). The highest BCUT2D eigenvalue weighted by Gasteiger charge is 2.45. The van der Waals surface area contributed by atoms with E-state index in [0.29, 0.717) is 0 Å². The van der Waals surface area contributed by atoms with Gasteiger partial charge in [0.15, 0.2) is 0 Å². The van der Waals surface area contributed by atoms with E-state index < -0.39 is 0 Å². The molecule has 0 spiro atoms. The van der Waals surface area contributed by atoms with Crippen LogP contribution in [0.2, 0.25) is 0 Å². The molecule has 150 valence electrons. The number of rotatable bonds is 1.